The molecule has 1 heterocycles. The van der Waals surface area contributed by atoms with Crippen LogP contribution in [0.2, 0.25) is 0 Å². The number of nitrogens with zero attached hydrogens (tertiary/aromatic N) is 1. The van der Waals surface area contributed by atoms with Gasteiger partial charge in [0, 0.05) is 10.9 Å². The lowest BCUT2D eigenvalue weighted by molar-refractivity contribution is -0.380. The van der Waals surface area contributed by atoms with E-state index in [0.29, 0.717) is 0 Å². The summed E-state index contributed by atoms with van der Waals surface area (Å²) in [6.45, 7) is 2.06. The molecule has 0 radical (unpaired) electrons. The second kappa shape index (κ2) is 3.48. The Labute approximate surface area is 68.8 Å². The SMILES string of the molecule is CCCc1ccc([N+](=O)[O-])s1. The third-order valence-electron chi connectivity index (χ3n) is 1.32. The van der Waals surface area contributed by atoms with Crippen LogP contribution in [0.25, 0.3) is 0 Å². The summed E-state index contributed by atoms with van der Waals surface area (Å²) >= 11 is 1.27. The molecule has 3 nitrogen and oxygen atoms in total. The largest absolute Gasteiger partial charge is 0.324 e. The van der Waals surface area contributed by atoms with Crippen LogP contribution in [0.1, 0.15) is 18.2 Å². The Bertz CT molecular complexity index is 257. The van der Waals surface area contributed by atoms with Gasteiger partial charge in [0.25, 0.3) is 0 Å². The normalized spacial score (nSPS) is 9.91. The lowest BCUT2D eigenvalue weighted by Crippen LogP contribution is -1.80. The molecule has 0 aromatic carbocycles. The van der Waals surface area contributed by atoms with Crippen LogP contribution in [-0.2, 0) is 6.42 Å². The number of thiophene rings is 1. The minimum absolute atomic E-state index is 0.244. The Morgan fingerprint density at radius 2 is 2.36 bits per heavy atom. The summed E-state index contributed by atoms with van der Waals surface area (Å²) in [5.74, 6) is 0. The lowest BCUT2D eigenvalue weighted by Gasteiger charge is -1.86. The fourth-order valence-corrected chi connectivity index (χ4v) is 1.77. The fraction of sp³-hybridized carbons (Fsp3) is 0.429. The molecule has 1 rings (SSSR count). The van der Waals surface area contributed by atoms with Crippen molar-refractivity contribution in [3.63, 3.8) is 0 Å². The van der Waals surface area contributed by atoms with Gasteiger partial charge in [-0.15, -0.1) is 0 Å². The van der Waals surface area contributed by atoms with E-state index >= 15 is 0 Å². The zero-order valence-electron chi connectivity index (χ0n) is 6.24. The van der Waals surface area contributed by atoms with Crippen LogP contribution in [0.15, 0.2) is 12.1 Å². The summed E-state index contributed by atoms with van der Waals surface area (Å²) in [4.78, 5) is 11.0. The second-order valence-electron chi connectivity index (χ2n) is 2.25. The van der Waals surface area contributed by atoms with E-state index in [1.807, 2.05) is 6.07 Å². The topological polar surface area (TPSA) is 43.1 Å². The predicted octanol–water partition coefficient (Wildman–Crippen LogP) is 2.61. The van der Waals surface area contributed by atoms with Crippen LogP contribution in [-0.4, -0.2) is 4.92 Å². The van der Waals surface area contributed by atoms with Crippen molar-refractivity contribution in [3.05, 3.63) is 27.1 Å². The van der Waals surface area contributed by atoms with Gasteiger partial charge in [-0.05, 0) is 12.5 Å². The summed E-state index contributed by atoms with van der Waals surface area (Å²) < 4.78 is 0. The van der Waals surface area contributed by atoms with Crippen molar-refractivity contribution in [3.8, 4) is 0 Å². The van der Waals surface area contributed by atoms with Crippen LogP contribution in [0.4, 0.5) is 5.00 Å². The van der Waals surface area contributed by atoms with Crippen LogP contribution < -0.4 is 0 Å². The Morgan fingerprint density at radius 1 is 1.64 bits per heavy atom. The van der Waals surface area contributed by atoms with Gasteiger partial charge >= 0.3 is 5.00 Å². The Kier molecular flexibility index (Phi) is 2.59. The third kappa shape index (κ3) is 2.01. The number of hydrogen-bond donors (Lipinski definition) is 0. The van der Waals surface area contributed by atoms with Crippen molar-refractivity contribution in [2.24, 2.45) is 0 Å². The molecule has 60 valence electrons. The van der Waals surface area contributed by atoms with Crippen molar-refractivity contribution in [1.82, 2.24) is 0 Å². The van der Waals surface area contributed by atoms with Crippen LogP contribution in [0.5, 0.6) is 0 Å². The fourth-order valence-electron chi connectivity index (χ4n) is 0.845. The standard InChI is InChI=1S/C7H9NO2S/c1-2-3-6-4-5-7(11-6)8(9)10/h4-5H,2-3H2,1H3. The minimum Gasteiger partial charge on any atom is -0.258 e. The van der Waals surface area contributed by atoms with Crippen molar-refractivity contribution < 1.29 is 4.92 Å². The van der Waals surface area contributed by atoms with E-state index in [1.165, 1.54) is 11.3 Å². The van der Waals surface area contributed by atoms with E-state index in [1.54, 1.807) is 6.07 Å². The van der Waals surface area contributed by atoms with Gasteiger partial charge in [-0.3, -0.25) is 10.1 Å². The van der Waals surface area contributed by atoms with E-state index in [-0.39, 0.29) is 9.92 Å². The van der Waals surface area contributed by atoms with Gasteiger partial charge < -0.3 is 0 Å². The second-order valence-corrected chi connectivity index (χ2v) is 3.39. The molecule has 0 unspecified atom stereocenters. The third-order valence-corrected chi connectivity index (χ3v) is 2.42. The molecule has 0 saturated carbocycles. The maximum absolute atomic E-state index is 10.2. The summed E-state index contributed by atoms with van der Waals surface area (Å²) in [5.41, 5.74) is 0. The first-order chi connectivity index (χ1) is 5.24. The zero-order valence-corrected chi connectivity index (χ0v) is 7.06. The minimum atomic E-state index is -0.343. The molecular weight excluding hydrogens is 162 g/mol. The molecule has 4 heteroatoms. The molecule has 0 spiro atoms. The maximum Gasteiger partial charge on any atom is 0.324 e. The monoisotopic (exact) mass is 171 g/mol. The first kappa shape index (κ1) is 8.20. The van der Waals surface area contributed by atoms with E-state index in [4.69, 9.17) is 0 Å². The summed E-state index contributed by atoms with van der Waals surface area (Å²) in [5, 5.41) is 10.5. The highest BCUT2D eigenvalue weighted by atomic mass is 32.1. The van der Waals surface area contributed by atoms with E-state index in [2.05, 4.69) is 6.92 Å². The summed E-state index contributed by atoms with van der Waals surface area (Å²) in [7, 11) is 0. The van der Waals surface area contributed by atoms with Crippen molar-refractivity contribution in [2.75, 3.05) is 0 Å². The number of rotatable bonds is 3. The van der Waals surface area contributed by atoms with Gasteiger partial charge in [-0.2, -0.15) is 0 Å². The number of nitro groups is 1. The quantitative estimate of drug-likeness (QED) is 0.518. The van der Waals surface area contributed by atoms with E-state index < -0.39 is 0 Å². The smallest absolute Gasteiger partial charge is 0.258 e. The highest BCUT2D eigenvalue weighted by Gasteiger charge is 2.07. The molecule has 1 aromatic rings. The predicted molar refractivity (Wildman–Crippen MR) is 45.0 cm³/mol. The first-order valence-corrected chi connectivity index (χ1v) is 4.28. The molecule has 0 N–H and O–H groups in total. The number of hydrogen-bond acceptors (Lipinski definition) is 3. The van der Waals surface area contributed by atoms with Crippen molar-refractivity contribution in [1.29, 1.82) is 0 Å². The van der Waals surface area contributed by atoms with E-state index in [9.17, 15) is 10.1 Å². The first-order valence-electron chi connectivity index (χ1n) is 3.47. The molecule has 0 aliphatic carbocycles. The maximum atomic E-state index is 10.2. The highest BCUT2D eigenvalue weighted by molar-refractivity contribution is 7.15. The van der Waals surface area contributed by atoms with Gasteiger partial charge in [-0.25, -0.2) is 0 Å². The van der Waals surface area contributed by atoms with Crippen molar-refractivity contribution in [2.45, 2.75) is 19.8 Å². The Balaban J connectivity index is 2.73. The van der Waals surface area contributed by atoms with Crippen LogP contribution in [0.3, 0.4) is 0 Å². The molecule has 0 saturated heterocycles. The molecular formula is C7H9NO2S. The van der Waals surface area contributed by atoms with Gasteiger partial charge in [0.2, 0.25) is 0 Å². The average Bonchev–Trinajstić information content (AvgIpc) is 2.37. The van der Waals surface area contributed by atoms with Gasteiger partial charge in [0.1, 0.15) is 0 Å². The van der Waals surface area contributed by atoms with Gasteiger partial charge in [0.05, 0.1) is 4.92 Å². The molecule has 1 aromatic heterocycles. The summed E-state index contributed by atoms with van der Waals surface area (Å²) in [6.07, 6.45) is 1.98. The zero-order chi connectivity index (χ0) is 8.27. The average molecular weight is 171 g/mol. The number of aryl methyl sites for hydroxylation is 1. The Hall–Kier alpha value is -0.900. The van der Waals surface area contributed by atoms with Crippen LogP contribution in [0, 0.1) is 10.1 Å². The molecule has 0 aliphatic heterocycles. The van der Waals surface area contributed by atoms with Gasteiger partial charge in [-0.1, -0.05) is 24.7 Å². The van der Waals surface area contributed by atoms with Crippen LogP contribution >= 0.6 is 11.3 Å². The molecule has 0 bridgehead atoms. The molecule has 11 heavy (non-hydrogen) atoms. The summed E-state index contributed by atoms with van der Waals surface area (Å²) in [6, 6.07) is 3.39. The highest BCUT2D eigenvalue weighted by Crippen LogP contribution is 2.24. The lowest BCUT2D eigenvalue weighted by atomic mass is 10.3. The molecule has 0 amide bonds. The molecule has 0 atom stereocenters. The Morgan fingerprint density at radius 3 is 2.82 bits per heavy atom. The van der Waals surface area contributed by atoms with E-state index in [0.717, 1.165) is 17.7 Å². The molecule has 0 aliphatic rings. The van der Waals surface area contributed by atoms with Crippen molar-refractivity contribution >= 4 is 16.3 Å². The molecule has 0 fully saturated rings. The van der Waals surface area contributed by atoms with Gasteiger partial charge in [0.15, 0.2) is 0 Å².